The van der Waals surface area contributed by atoms with E-state index in [2.05, 4.69) is 9.88 Å². The molecule has 1 aliphatic heterocycles. The van der Waals surface area contributed by atoms with Gasteiger partial charge in [0.1, 0.15) is 11.6 Å². The van der Waals surface area contributed by atoms with E-state index in [1.165, 1.54) is 12.1 Å². The molecule has 1 aromatic heterocycles. The standard InChI is InChI=1S/C17H17ClFN3O2/c18-15-11-13(19)1-2-16(15)24-12-17(23)22-9-7-21(8-10-22)14-3-5-20-6-4-14/h1-6,11H,7-10,12H2. The number of anilines is 1. The molecular weight excluding hydrogens is 333 g/mol. The Bertz CT molecular complexity index is 706. The zero-order chi connectivity index (χ0) is 16.9. The van der Waals surface area contributed by atoms with Crippen molar-refractivity contribution in [3.05, 3.63) is 53.6 Å². The molecule has 0 N–H and O–H groups in total. The molecule has 0 atom stereocenters. The van der Waals surface area contributed by atoms with Crippen LogP contribution >= 0.6 is 11.6 Å². The number of aromatic nitrogens is 1. The highest BCUT2D eigenvalue weighted by Crippen LogP contribution is 2.25. The number of hydrogen-bond acceptors (Lipinski definition) is 4. The first-order valence-corrected chi connectivity index (χ1v) is 8.02. The quantitative estimate of drug-likeness (QED) is 0.851. The average Bonchev–Trinajstić information content (AvgIpc) is 2.62. The summed E-state index contributed by atoms with van der Waals surface area (Å²) in [7, 11) is 0. The molecule has 1 amide bonds. The Labute approximate surface area is 144 Å². The van der Waals surface area contributed by atoms with Gasteiger partial charge in [0.15, 0.2) is 6.61 Å². The molecule has 7 heteroatoms. The van der Waals surface area contributed by atoms with E-state index in [0.29, 0.717) is 18.8 Å². The van der Waals surface area contributed by atoms with Gasteiger partial charge in [-0.2, -0.15) is 0 Å². The largest absolute Gasteiger partial charge is 0.482 e. The monoisotopic (exact) mass is 349 g/mol. The predicted molar refractivity (Wildman–Crippen MR) is 89.9 cm³/mol. The van der Waals surface area contributed by atoms with Crippen LogP contribution in [0, 0.1) is 5.82 Å². The van der Waals surface area contributed by atoms with Gasteiger partial charge < -0.3 is 14.5 Å². The average molecular weight is 350 g/mol. The Kier molecular flexibility index (Phi) is 5.15. The molecule has 0 saturated carbocycles. The second kappa shape index (κ2) is 7.49. The first-order valence-electron chi connectivity index (χ1n) is 7.64. The number of rotatable bonds is 4. The lowest BCUT2D eigenvalue weighted by Crippen LogP contribution is -2.50. The third kappa shape index (κ3) is 3.94. The lowest BCUT2D eigenvalue weighted by Gasteiger charge is -2.36. The highest BCUT2D eigenvalue weighted by molar-refractivity contribution is 6.32. The van der Waals surface area contributed by atoms with E-state index in [0.717, 1.165) is 24.8 Å². The summed E-state index contributed by atoms with van der Waals surface area (Å²) in [6.45, 7) is 2.66. The maximum atomic E-state index is 13.0. The second-order valence-electron chi connectivity index (χ2n) is 5.44. The van der Waals surface area contributed by atoms with Gasteiger partial charge in [-0.1, -0.05) is 11.6 Å². The van der Waals surface area contributed by atoms with Crippen molar-refractivity contribution in [2.75, 3.05) is 37.7 Å². The highest BCUT2D eigenvalue weighted by atomic mass is 35.5. The van der Waals surface area contributed by atoms with Crippen molar-refractivity contribution < 1.29 is 13.9 Å². The number of halogens is 2. The predicted octanol–water partition coefficient (Wildman–Crippen LogP) is 2.60. The number of carbonyl (C=O) groups is 1. The first kappa shape index (κ1) is 16.5. The lowest BCUT2D eigenvalue weighted by atomic mass is 10.2. The van der Waals surface area contributed by atoms with Crippen LogP contribution in [0.1, 0.15) is 0 Å². The highest BCUT2D eigenvalue weighted by Gasteiger charge is 2.21. The van der Waals surface area contributed by atoms with Crippen molar-refractivity contribution in [3.63, 3.8) is 0 Å². The Morgan fingerprint density at radius 2 is 1.88 bits per heavy atom. The van der Waals surface area contributed by atoms with Gasteiger partial charge in [-0.15, -0.1) is 0 Å². The fourth-order valence-electron chi connectivity index (χ4n) is 2.59. The van der Waals surface area contributed by atoms with Gasteiger partial charge in [-0.05, 0) is 30.3 Å². The van der Waals surface area contributed by atoms with E-state index in [1.54, 1.807) is 17.3 Å². The number of nitrogens with zero attached hydrogens (tertiary/aromatic N) is 3. The molecule has 126 valence electrons. The smallest absolute Gasteiger partial charge is 0.260 e. The molecule has 3 rings (SSSR count). The van der Waals surface area contributed by atoms with Crippen LogP contribution < -0.4 is 9.64 Å². The van der Waals surface area contributed by atoms with Crippen LogP contribution in [0.4, 0.5) is 10.1 Å². The van der Waals surface area contributed by atoms with Crippen molar-refractivity contribution in [2.24, 2.45) is 0 Å². The van der Waals surface area contributed by atoms with E-state index < -0.39 is 5.82 Å². The summed E-state index contributed by atoms with van der Waals surface area (Å²) in [5.74, 6) is -0.238. The number of pyridine rings is 1. The number of hydrogen-bond donors (Lipinski definition) is 0. The summed E-state index contributed by atoms with van der Waals surface area (Å²) in [6, 6.07) is 7.74. The normalized spacial score (nSPS) is 14.6. The number of piperazine rings is 1. The summed E-state index contributed by atoms with van der Waals surface area (Å²) >= 11 is 5.88. The van der Waals surface area contributed by atoms with Crippen molar-refractivity contribution >= 4 is 23.2 Å². The molecule has 1 aliphatic rings. The summed E-state index contributed by atoms with van der Waals surface area (Å²) in [6.07, 6.45) is 3.51. The van der Waals surface area contributed by atoms with Crippen LogP contribution in [-0.4, -0.2) is 48.6 Å². The van der Waals surface area contributed by atoms with Gasteiger partial charge in [-0.3, -0.25) is 9.78 Å². The van der Waals surface area contributed by atoms with E-state index in [9.17, 15) is 9.18 Å². The Balaban J connectivity index is 1.50. The molecule has 24 heavy (non-hydrogen) atoms. The maximum absolute atomic E-state index is 13.0. The molecule has 1 aromatic carbocycles. The lowest BCUT2D eigenvalue weighted by molar-refractivity contribution is -0.133. The van der Waals surface area contributed by atoms with Crippen molar-refractivity contribution in [2.45, 2.75) is 0 Å². The SMILES string of the molecule is O=C(COc1ccc(F)cc1Cl)N1CCN(c2ccncc2)CC1. The van der Waals surface area contributed by atoms with Crippen LogP contribution in [0.15, 0.2) is 42.7 Å². The molecule has 0 radical (unpaired) electrons. The van der Waals surface area contributed by atoms with Gasteiger partial charge in [0.2, 0.25) is 0 Å². The van der Waals surface area contributed by atoms with Crippen LogP contribution in [-0.2, 0) is 4.79 Å². The Hall–Kier alpha value is -2.34. The number of benzene rings is 1. The second-order valence-corrected chi connectivity index (χ2v) is 5.84. The van der Waals surface area contributed by atoms with E-state index in [-0.39, 0.29) is 17.5 Å². The summed E-state index contributed by atoms with van der Waals surface area (Å²) in [5.41, 5.74) is 1.10. The van der Waals surface area contributed by atoms with Crippen LogP contribution in [0.25, 0.3) is 0 Å². The maximum Gasteiger partial charge on any atom is 0.260 e. The van der Waals surface area contributed by atoms with Crippen molar-refractivity contribution in [1.29, 1.82) is 0 Å². The molecule has 2 aromatic rings. The van der Waals surface area contributed by atoms with E-state index in [4.69, 9.17) is 16.3 Å². The topological polar surface area (TPSA) is 45.7 Å². The molecule has 0 unspecified atom stereocenters. The third-order valence-electron chi connectivity index (χ3n) is 3.91. The van der Waals surface area contributed by atoms with Crippen LogP contribution in [0.3, 0.4) is 0 Å². The van der Waals surface area contributed by atoms with Gasteiger partial charge in [0.05, 0.1) is 5.02 Å². The van der Waals surface area contributed by atoms with Crippen molar-refractivity contribution in [1.82, 2.24) is 9.88 Å². The Morgan fingerprint density at radius 1 is 1.17 bits per heavy atom. The van der Waals surface area contributed by atoms with E-state index in [1.807, 2.05) is 12.1 Å². The van der Waals surface area contributed by atoms with Crippen LogP contribution in [0.5, 0.6) is 5.75 Å². The molecule has 0 aliphatic carbocycles. The fraction of sp³-hybridized carbons (Fsp3) is 0.294. The van der Waals surface area contributed by atoms with Gasteiger partial charge >= 0.3 is 0 Å². The molecule has 0 spiro atoms. The third-order valence-corrected chi connectivity index (χ3v) is 4.20. The summed E-state index contributed by atoms with van der Waals surface area (Å²) in [5, 5.41) is 0.158. The molecular formula is C17H17ClFN3O2. The zero-order valence-electron chi connectivity index (χ0n) is 13.0. The zero-order valence-corrected chi connectivity index (χ0v) is 13.7. The number of carbonyl (C=O) groups excluding carboxylic acids is 1. The molecule has 1 fully saturated rings. The first-order chi connectivity index (χ1) is 11.6. The Morgan fingerprint density at radius 3 is 2.54 bits per heavy atom. The van der Waals surface area contributed by atoms with Gasteiger partial charge in [0, 0.05) is 44.3 Å². The number of ether oxygens (including phenoxy) is 1. The fourth-order valence-corrected chi connectivity index (χ4v) is 2.81. The van der Waals surface area contributed by atoms with E-state index >= 15 is 0 Å². The summed E-state index contributed by atoms with van der Waals surface area (Å²) < 4.78 is 18.4. The molecule has 2 heterocycles. The van der Waals surface area contributed by atoms with Crippen molar-refractivity contribution in [3.8, 4) is 5.75 Å². The van der Waals surface area contributed by atoms with Gasteiger partial charge in [0.25, 0.3) is 5.91 Å². The minimum Gasteiger partial charge on any atom is -0.482 e. The molecule has 5 nitrogen and oxygen atoms in total. The van der Waals surface area contributed by atoms with Crippen LogP contribution in [0.2, 0.25) is 5.02 Å². The van der Waals surface area contributed by atoms with Gasteiger partial charge in [-0.25, -0.2) is 4.39 Å². The minimum atomic E-state index is -0.439. The number of amides is 1. The molecule has 0 bridgehead atoms. The molecule has 1 saturated heterocycles. The summed E-state index contributed by atoms with van der Waals surface area (Å²) in [4.78, 5) is 20.2. The minimum absolute atomic E-state index is 0.107.